The Bertz CT molecular complexity index is 705. The molecular weight excluding hydrogens is 354 g/mol. The van der Waals surface area contributed by atoms with Crippen LogP contribution >= 0.6 is 11.6 Å². The Morgan fingerprint density at radius 3 is 2.04 bits per heavy atom. The van der Waals surface area contributed by atoms with E-state index < -0.39 is 0 Å². The van der Waals surface area contributed by atoms with Gasteiger partial charge >= 0.3 is 0 Å². The summed E-state index contributed by atoms with van der Waals surface area (Å²) in [6, 6.07) is 20.2. The third-order valence-electron chi connectivity index (χ3n) is 6.56. The maximum atomic E-state index is 6.34. The number of piperazine rings is 1. The molecule has 0 saturated carbocycles. The molecule has 2 aromatic rings. The number of likely N-dealkylation sites (tertiary alicyclic amines) is 1. The summed E-state index contributed by atoms with van der Waals surface area (Å²) >= 11 is 6.34. The van der Waals surface area contributed by atoms with E-state index >= 15 is 0 Å². The number of hydrogen-bond donors (Lipinski definition) is 3. The molecule has 144 valence electrons. The largest absolute Gasteiger partial charge is 0.331 e. The van der Waals surface area contributed by atoms with Crippen molar-refractivity contribution >= 4 is 11.6 Å². The third-order valence-corrected chi connectivity index (χ3v) is 6.93. The molecule has 0 unspecified atom stereocenters. The van der Waals surface area contributed by atoms with Crippen LogP contribution in [0.15, 0.2) is 54.6 Å². The van der Waals surface area contributed by atoms with Gasteiger partial charge in [0.2, 0.25) is 0 Å². The van der Waals surface area contributed by atoms with E-state index in [0.29, 0.717) is 0 Å². The van der Waals surface area contributed by atoms with Gasteiger partial charge in [-0.05, 0) is 6.07 Å². The zero-order valence-electron chi connectivity index (χ0n) is 16.2. The van der Waals surface area contributed by atoms with E-state index in [2.05, 4.69) is 42.5 Å². The fraction of sp³-hybridized carbons (Fsp3) is 0.478. The van der Waals surface area contributed by atoms with E-state index in [4.69, 9.17) is 11.6 Å². The predicted molar refractivity (Wildman–Crippen MR) is 110 cm³/mol. The monoisotopic (exact) mass is 386 g/mol. The van der Waals surface area contributed by atoms with Crippen LogP contribution in [0.1, 0.15) is 24.0 Å². The average molecular weight is 387 g/mol. The first kappa shape index (κ1) is 18.9. The number of halogens is 1. The highest BCUT2D eigenvalue weighted by atomic mass is 35.5. The van der Waals surface area contributed by atoms with Crippen LogP contribution in [0.4, 0.5) is 0 Å². The quantitative estimate of drug-likeness (QED) is 0.634. The molecule has 2 heterocycles. The van der Waals surface area contributed by atoms with Crippen LogP contribution in [0.3, 0.4) is 0 Å². The van der Waals surface area contributed by atoms with Crippen molar-refractivity contribution in [1.29, 1.82) is 0 Å². The molecule has 0 atom stereocenters. The Labute approximate surface area is 168 Å². The van der Waals surface area contributed by atoms with Crippen molar-refractivity contribution in [2.24, 2.45) is 0 Å². The molecule has 27 heavy (non-hydrogen) atoms. The number of hydrogen-bond acceptors (Lipinski definition) is 0. The SMILES string of the molecule is Clc1ccccc1C[NH+]1CC[NH+](C2CC[NH+](Cc3ccccc3)CC2)CC1. The minimum absolute atomic E-state index is 0.881. The van der Waals surface area contributed by atoms with E-state index in [9.17, 15) is 0 Å². The highest BCUT2D eigenvalue weighted by Crippen LogP contribution is 2.13. The smallest absolute Gasteiger partial charge is 0.127 e. The molecule has 0 amide bonds. The molecule has 2 aliphatic heterocycles. The van der Waals surface area contributed by atoms with Gasteiger partial charge in [0.25, 0.3) is 0 Å². The van der Waals surface area contributed by atoms with Gasteiger partial charge in [-0.3, -0.25) is 0 Å². The second kappa shape index (κ2) is 9.20. The van der Waals surface area contributed by atoms with Gasteiger partial charge in [-0.15, -0.1) is 0 Å². The van der Waals surface area contributed by atoms with Gasteiger partial charge in [0.15, 0.2) is 0 Å². The van der Waals surface area contributed by atoms with Gasteiger partial charge in [0, 0.05) is 29.0 Å². The van der Waals surface area contributed by atoms with Crippen LogP contribution in [-0.4, -0.2) is 45.3 Å². The molecule has 2 aliphatic rings. The first-order valence-electron chi connectivity index (χ1n) is 10.6. The Hall–Kier alpha value is -1.39. The maximum Gasteiger partial charge on any atom is 0.127 e. The minimum atomic E-state index is 0.881. The summed E-state index contributed by atoms with van der Waals surface area (Å²) in [5.74, 6) is 0. The number of benzene rings is 2. The molecule has 3 nitrogen and oxygen atoms in total. The summed E-state index contributed by atoms with van der Waals surface area (Å²) in [7, 11) is 0. The summed E-state index contributed by atoms with van der Waals surface area (Å²) in [4.78, 5) is 5.32. The summed E-state index contributed by atoms with van der Waals surface area (Å²) < 4.78 is 0. The molecule has 2 fully saturated rings. The van der Waals surface area contributed by atoms with E-state index in [-0.39, 0.29) is 0 Å². The second-order valence-electron chi connectivity index (χ2n) is 8.36. The topological polar surface area (TPSA) is 13.3 Å². The lowest BCUT2D eigenvalue weighted by Gasteiger charge is -2.37. The molecule has 0 bridgehead atoms. The highest BCUT2D eigenvalue weighted by molar-refractivity contribution is 6.31. The lowest BCUT2D eigenvalue weighted by atomic mass is 10.0. The van der Waals surface area contributed by atoms with Crippen molar-refractivity contribution in [1.82, 2.24) is 0 Å². The van der Waals surface area contributed by atoms with Gasteiger partial charge < -0.3 is 14.7 Å². The highest BCUT2D eigenvalue weighted by Gasteiger charge is 2.33. The number of quaternary nitrogens is 3. The molecule has 0 aromatic heterocycles. The zero-order valence-corrected chi connectivity index (χ0v) is 17.0. The van der Waals surface area contributed by atoms with Crippen LogP contribution in [-0.2, 0) is 13.1 Å². The molecule has 0 spiro atoms. The van der Waals surface area contributed by atoms with Crippen molar-refractivity contribution in [3.8, 4) is 0 Å². The van der Waals surface area contributed by atoms with Gasteiger partial charge in [0.1, 0.15) is 39.3 Å². The van der Waals surface area contributed by atoms with E-state index in [1.807, 2.05) is 17.0 Å². The first-order chi connectivity index (χ1) is 13.3. The fourth-order valence-corrected chi connectivity index (χ4v) is 5.12. The Balaban J connectivity index is 1.21. The summed E-state index contributed by atoms with van der Waals surface area (Å²) in [5, 5.41) is 0.925. The number of piperidine rings is 1. The number of rotatable bonds is 5. The molecule has 2 saturated heterocycles. The first-order valence-corrected chi connectivity index (χ1v) is 10.9. The van der Waals surface area contributed by atoms with Gasteiger partial charge in [-0.25, -0.2) is 0 Å². The molecule has 3 N–H and O–H groups in total. The van der Waals surface area contributed by atoms with Gasteiger partial charge in [-0.2, -0.15) is 0 Å². The lowest BCUT2D eigenvalue weighted by Crippen LogP contribution is -3.30. The van der Waals surface area contributed by atoms with Crippen LogP contribution in [0.25, 0.3) is 0 Å². The minimum Gasteiger partial charge on any atom is -0.331 e. The van der Waals surface area contributed by atoms with Crippen LogP contribution < -0.4 is 14.7 Å². The Morgan fingerprint density at radius 2 is 1.33 bits per heavy atom. The second-order valence-corrected chi connectivity index (χ2v) is 8.77. The summed E-state index contributed by atoms with van der Waals surface area (Å²) in [5.41, 5.74) is 2.78. The van der Waals surface area contributed by atoms with Crippen LogP contribution in [0, 0.1) is 0 Å². The predicted octanol–water partition coefficient (Wildman–Crippen LogP) is -0.129. The van der Waals surface area contributed by atoms with Crippen LogP contribution in [0.5, 0.6) is 0 Å². The third kappa shape index (κ3) is 5.11. The fourth-order valence-electron chi connectivity index (χ4n) is 4.92. The Kier molecular flexibility index (Phi) is 6.46. The van der Waals surface area contributed by atoms with E-state index in [1.165, 1.54) is 69.8 Å². The Morgan fingerprint density at radius 1 is 0.704 bits per heavy atom. The van der Waals surface area contributed by atoms with Crippen molar-refractivity contribution in [2.45, 2.75) is 32.0 Å². The van der Waals surface area contributed by atoms with Crippen molar-refractivity contribution in [3.63, 3.8) is 0 Å². The van der Waals surface area contributed by atoms with Crippen molar-refractivity contribution in [2.75, 3.05) is 39.3 Å². The van der Waals surface area contributed by atoms with Crippen molar-refractivity contribution < 1.29 is 14.7 Å². The normalized spacial score (nSPS) is 28.8. The zero-order chi connectivity index (χ0) is 18.5. The van der Waals surface area contributed by atoms with E-state index in [1.54, 1.807) is 9.80 Å². The summed E-state index contributed by atoms with van der Waals surface area (Å²) in [6.07, 6.45) is 2.77. The molecule has 0 aliphatic carbocycles. The standard InChI is InChI=1S/C23H30ClN3/c24-23-9-5-4-8-21(23)19-26-14-16-27(17-15-26)22-10-12-25(13-11-22)18-20-6-2-1-3-7-20/h1-9,22H,10-19H2/p+3. The molecule has 2 aromatic carbocycles. The van der Waals surface area contributed by atoms with Gasteiger partial charge in [0.05, 0.1) is 19.1 Å². The van der Waals surface area contributed by atoms with Gasteiger partial charge in [-0.1, -0.05) is 60.1 Å². The van der Waals surface area contributed by atoms with Crippen LogP contribution in [0.2, 0.25) is 5.02 Å². The molecule has 4 rings (SSSR count). The number of nitrogens with one attached hydrogen (secondary N) is 3. The molecule has 4 heteroatoms. The molecule has 0 radical (unpaired) electrons. The summed E-state index contributed by atoms with van der Waals surface area (Å²) in [6.45, 7) is 10.1. The maximum absolute atomic E-state index is 6.34. The van der Waals surface area contributed by atoms with Crippen molar-refractivity contribution in [3.05, 3.63) is 70.7 Å². The lowest BCUT2D eigenvalue weighted by molar-refractivity contribution is -1.04. The molecular formula is C23H33ClN3+3. The van der Waals surface area contributed by atoms with E-state index in [0.717, 1.165) is 17.6 Å². The average Bonchev–Trinajstić information content (AvgIpc) is 2.72.